The molecule has 27 heavy (non-hydrogen) atoms. The van der Waals surface area contributed by atoms with Gasteiger partial charge in [-0.2, -0.15) is 0 Å². The van der Waals surface area contributed by atoms with E-state index in [2.05, 4.69) is 53.3 Å². The van der Waals surface area contributed by atoms with Crippen molar-refractivity contribution >= 4 is 11.6 Å². The number of aromatic nitrogens is 3. The van der Waals surface area contributed by atoms with Crippen LogP contribution in [0, 0.1) is 13.8 Å². The second kappa shape index (κ2) is 7.23. The molecule has 2 aromatic carbocycles. The average Bonchev–Trinajstić information content (AvgIpc) is 3.20. The summed E-state index contributed by atoms with van der Waals surface area (Å²) in [4.78, 5) is 17.0. The minimum Gasteiger partial charge on any atom is -0.368 e. The first kappa shape index (κ1) is 17.3. The number of rotatable bonds is 3. The minimum absolute atomic E-state index is 0.0576. The molecule has 6 heteroatoms. The number of benzene rings is 2. The Balaban J connectivity index is 1.43. The van der Waals surface area contributed by atoms with Crippen LogP contribution in [-0.2, 0) is 0 Å². The van der Waals surface area contributed by atoms with Crippen LogP contribution in [0.5, 0.6) is 0 Å². The van der Waals surface area contributed by atoms with Gasteiger partial charge in [0.1, 0.15) is 0 Å². The SMILES string of the molecule is Cc1ccc(-n2cc(C(=O)N3CCN(c4ccccc4)CC3)nn2)cc1C. The number of anilines is 1. The van der Waals surface area contributed by atoms with E-state index in [1.807, 2.05) is 29.2 Å². The molecule has 3 aromatic rings. The second-order valence-electron chi connectivity index (χ2n) is 6.93. The zero-order chi connectivity index (χ0) is 18.8. The van der Waals surface area contributed by atoms with Gasteiger partial charge in [0.05, 0.1) is 11.9 Å². The lowest BCUT2D eigenvalue weighted by atomic mass is 10.1. The van der Waals surface area contributed by atoms with Crippen molar-refractivity contribution in [2.75, 3.05) is 31.1 Å². The summed E-state index contributed by atoms with van der Waals surface area (Å²) in [6, 6.07) is 16.4. The molecule has 1 aliphatic heterocycles. The third-order valence-corrected chi connectivity index (χ3v) is 5.16. The normalized spacial score (nSPS) is 14.4. The van der Waals surface area contributed by atoms with Gasteiger partial charge >= 0.3 is 0 Å². The van der Waals surface area contributed by atoms with E-state index in [1.54, 1.807) is 10.9 Å². The van der Waals surface area contributed by atoms with Crippen LogP contribution in [0.3, 0.4) is 0 Å². The highest BCUT2D eigenvalue weighted by atomic mass is 16.2. The van der Waals surface area contributed by atoms with E-state index < -0.39 is 0 Å². The van der Waals surface area contributed by atoms with Gasteiger partial charge in [-0.05, 0) is 49.2 Å². The Labute approximate surface area is 159 Å². The summed E-state index contributed by atoms with van der Waals surface area (Å²) < 4.78 is 1.67. The van der Waals surface area contributed by atoms with Crippen molar-refractivity contribution in [3.8, 4) is 5.69 Å². The molecule has 1 aliphatic rings. The summed E-state index contributed by atoms with van der Waals surface area (Å²) >= 11 is 0. The molecule has 1 saturated heterocycles. The Morgan fingerprint density at radius 3 is 2.33 bits per heavy atom. The van der Waals surface area contributed by atoms with Gasteiger partial charge in [0.25, 0.3) is 5.91 Å². The molecule has 0 saturated carbocycles. The van der Waals surface area contributed by atoms with Gasteiger partial charge in [0, 0.05) is 31.9 Å². The van der Waals surface area contributed by atoms with Gasteiger partial charge < -0.3 is 9.80 Å². The number of carbonyl (C=O) groups excluding carboxylic acids is 1. The fraction of sp³-hybridized carbons (Fsp3) is 0.286. The van der Waals surface area contributed by atoms with Crippen LogP contribution < -0.4 is 4.90 Å². The Hall–Kier alpha value is -3.15. The average molecular weight is 361 g/mol. The van der Waals surface area contributed by atoms with E-state index in [1.165, 1.54) is 16.8 Å². The van der Waals surface area contributed by atoms with Gasteiger partial charge in [-0.25, -0.2) is 4.68 Å². The van der Waals surface area contributed by atoms with E-state index in [0.717, 1.165) is 18.8 Å². The van der Waals surface area contributed by atoms with Crippen LogP contribution >= 0.6 is 0 Å². The van der Waals surface area contributed by atoms with Crippen molar-refractivity contribution < 1.29 is 4.79 Å². The highest BCUT2D eigenvalue weighted by molar-refractivity contribution is 5.92. The first-order valence-electron chi connectivity index (χ1n) is 9.21. The number of amides is 1. The molecule has 0 aliphatic carbocycles. The molecule has 1 aromatic heterocycles. The number of piperazine rings is 1. The predicted octanol–water partition coefficient (Wildman–Crippen LogP) is 2.85. The Morgan fingerprint density at radius 1 is 0.889 bits per heavy atom. The molecule has 0 atom stereocenters. The van der Waals surface area contributed by atoms with Gasteiger partial charge in [0.2, 0.25) is 0 Å². The van der Waals surface area contributed by atoms with E-state index in [0.29, 0.717) is 18.8 Å². The minimum atomic E-state index is -0.0576. The maximum Gasteiger partial charge on any atom is 0.276 e. The van der Waals surface area contributed by atoms with E-state index in [9.17, 15) is 4.79 Å². The third-order valence-electron chi connectivity index (χ3n) is 5.16. The number of nitrogens with zero attached hydrogens (tertiary/aromatic N) is 5. The molecule has 138 valence electrons. The van der Waals surface area contributed by atoms with E-state index in [-0.39, 0.29) is 5.91 Å². The van der Waals surface area contributed by atoms with Gasteiger partial charge in [-0.1, -0.05) is 29.5 Å². The lowest BCUT2D eigenvalue weighted by Gasteiger charge is -2.35. The maximum absolute atomic E-state index is 12.8. The quantitative estimate of drug-likeness (QED) is 0.720. The Morgan fingerprint density at radius 2 is 1.63 bits per heavy atom. The molecular weight excluding hydrogens is 338 g/mol. The zero-order valence-electron chi connectivity index (χ0n) is 15.7. The highest BCUT2D eigenvalue weighted by Gasteiger charge is 2.24. The Kier molecular flexibility index (Phi) is 4.62. The standard InChI is InChI=1S/C21H23N5O/c1-16-8-9-19(14-17(16)2)26-15-20(22-23-26)21(27)25-12-10-24(11-13-25)18-6-4-3-5-7-18/h3-9,14-15H,10-13H2,1-2H3. The van der Waals surface area contributed by atoms with E-state index in [4.69, 9.17) is 0 Å². The molecule has 0 bridgehead atoms. The molecule has 0 N–H and O–H groups in total. The van der Waals surface area contributed by atoms with Crippen LogP contribution in [0.25, 0.3) is 5.69 Å². The number of hydrogen-bond donors (Lipinski definition) is 0. The van der Waals surface area contributed by atoms with Crippen molar-refractivity contribution in [3.63, 3.8) is 0 Å². The number of hydrogen-bond acceptors (Lipinski definition) is 4. The number of carbonyl (C=O) groups is 1. The maximum atomic E-state index is 12.8. The lowest BCUT2D eigenvalue weighted by Crippen LogP contribution is -2.48. The van der Waals surface area contributed by atoms with Gasteiger partial charge in [-0.3, -0.25) is 4.79 Å². The van der Waals surface area contributed by atoms with Gasteiger partial charge in [0.15, 0.2) is 5.69 Å². The molecule has 1 fully saturated rings. The van der Waals surface area contributed by atoms with Crippen molar-refractivity contribution in [3.05, 3.63) is 71.5 Å². The first-order chi connectivity index (χ1) is 13.1. The molecule has 1 amide bonds. The number of para-hydroxylation sites is 1. The van der Waals surface area contributed by atoms with Crippen molar-refractivity contribution in [1.29, 1.82) is 0 Å². The van der Waals surface area contributed by atoms with Crippen LogP contribution in [-0.4, -0.2) is 52.0 Å². The van der Waals surface area contributed by atoms with Crippen LogP contribution in [0.15, 0.2) is 54.7 Å². The summed E-state index contributed by atoms with van der Waals surface area (Å²) in [5.41, 5.74) is 4.92. The van der Waals surface area contributed by atoms with Crippen molar-refractivity contribution in [2.45, 2.75) is 13.8 Å². The highest BCUT2D eigenvalue weighted by Crippen LogP contribution is 2.17. The molecule has 0 radical (unpaired) electrons. The first-order valence-corrected chi connectivity index (χ1v) is 9.21. The summed E-state index contributed by atoms with van der Waals surface area (Å²) in [6.45, 7) is 7.15. The zero-order valence-corrected chi connectivity index (χ0v) is 15.7. The summed E-state index contributed by atoms with van der Waals surface area (Å²) in [5, 5.41) is 8.25. The van der Waals surface area contributed by atoms with Gasteiger partial charge in [-0.15, -0.1) is 5.10 Å². The monoisotopic (exact) mass is 361 g/mol. The van der Waals surface area contributed by atoms with Crippen molar-refractivity contribution in [2.24, 2.45) is 0 Å². The Bertz CT molecular complexity index is 942. The summed E-state index contributed by atoms with van der Waals surface area (Å²) in [7, 11) is 0. The van der Waals surface area contributed by atoms with Crippen molar-refractivity contribution in [1.82, 2.24) is 19.9 Å². The molecule has 6 nitrogen and oxygen atoms in total. The fourth-order valence-electron chi connectivity index (χ4n) is 3.32. The van der Waals surface area contributed by atoms with E-state index >= 15 is 0 Å². The summed E-state index contributed by atoms with van der Waals surface area (Å²) in [6.07, 6.45) is 1.72. The molecular formula is C21H23N5O. The molecule has 0 spiro atoms. The lowest BCUT2D eigenvalue weighted by molar-refractivity contribution is 0.0741. The van der Waals surface area contributed by atoms with Crippen LogP contribution in [0.1, 0.15) is 21.6 Å². The van der Waals surface area contributed by atoms with Crippen LogP contribution in [0.4, 0.5) is 5.69 Å². The fourth-order valence-corrected chi connectivity index (χ4v) is 3.32. The summed E-state index contributed by atoms with van der Waals surface area (Å²) in [5.74, 6) is -0.0576. The smallest absolute Gasteiger partial charge is 0.276 e. The predicted molar refractivity (Wildman–Crippen MR) is 105 cm³/mol. The second-order valence-corrected chi connectivity index (χ2v) is 6.93. The van der Waals surface area contributed by atoms with Crippen LogP contribution in [0.2, 0.25) is 0 Å². The molecule has 0 unspecified atom stereocenters. The molecule has 4 rings (SSSR count). The largest absolute Gasteiger partial charge is 0.368 e. The third kappa shape index (κ3) is 3.56. The topological polar surface area (TPSA) is 54.3 Å². The molecule has 2 heterocycles. The number of aryl methyl sites for hydroxylation is 2.